The molecule has 3 rings (SSSR count). The van der Waals surface area contributed by atoms with E-state index in [0.29, 0.717) is 22.3 Å². The number of carbonyl (C=O) groups is 3. The topological polar surface area (TPSA) is 95.9 Å². The van der Waals surface area contributed by atoms with Gasteiger partial charge in [0.1, 0.15) is 5.57 Å². The minimum atomic E-state index is -0.809. The molecule has 1 saturated heterocycles. The summed E-state index contributed by atoms with van der Waals surface area (Å²) in [6.07, 6.45) is 1.34. The van der Waals surface area contributed by atoms with Gasteiger partial charge in [0.15, 0.2) is 11.5 Å². The first-order valence-corrected chi connectivity index (χ1v) is 9.24. The number of aryl methyl sites for hydroxylation is 1. The molecule has 8 heteroatoms. The number of phenols is 1. The van der Waals surface area contributed by atoms with Gasteiger partial charge in [0.05, 0.1) is 12.3 Å². The van der Waals surface area contributed by atoms with Gasteiger partial charge in [-0.2, -0.15) is 0 Å². The van der Waals surface area contributed by atoms with E-state index in [1.807, 2.05) is 6.92 Å². The maximum atomic E-state index is 12.9. The highest BCUT2D eigenvalue weighted by Crippen LogP contribution is 2.34. The van der Waals surface area contributed by atoms with Crippen LogP contribution in [0.2, 0.25) is 0 Å². The molecule has 0 saturated carbocycles. The fourth-order valence-electron chi connectivity index (χ4n) is 2.68. The van der Waals surface area contributed by atoms with Crippen molar-refractivity contribution in [2.24, 2.45) is 0 Å². The summed E-state index contributed by atoms with van der Waals surface area (Å²) in [7, 11) is 0. The molecule has 144 valence electrons. The Bertz CT molecular complexity index is 998. The van der Waals surface area contributed by atoms with Gasteiger partial charge in [-0.3, -0.25) is 14.9 Å². The number of nitrogens with zero attached hydrogens (tertiary/aromatic N) is 1. The molecular formula is C20H17BrN2O5. The van der Waals surface area contributed by atoms with Gasteiger partial charge < -0.3 is 9.84 Å². The number of aromatic hydroxyl groups is 1. The molecule has 4 amide bonds. The molecule has 0 atom stereocenters. The molecule has 0 radical (unpaired) electrons. The van der Waals surface area contributed by atoms with Crippen molar-refractivity contribution < 1.29 is 24.2 Å². The van der Waals surface area contributed by atoms with Gasteiger partial charge in [-0.25, -0.2) is 9.69 Å². The summed E-state index contributed by atoms with van der Waals surface area (Å²) < 4.78 is 5.80. The summed E-state index contributed by atoms with van der Waals surface area (Å²) in [6, 6.07) is 8.89. The number of nitrogens with one attached hydrogen (secondary N) is 1. The van der Waals surface area contributed by atoms with E-state index in [0.717, 1.165) is 10.5 Å². The fraction of sp³-hybridized carbons (Fsp3) is 0.150. The molecule has 0 bridgehead atoms. The lowest BCUT2D eigenvalue weighted by Crippen LogP contribution is -2.54. The third kappa shape index (κ3) is 3.77. The Hall–Kier alpha value is -3.13. The number of benzene rings is 2. The highest BCUT2D eigenvalue weighted by molar-refractivity contribution is 9.10. The van der Waals surface area contributed by atoms with Crippen molar-refractivity contribution in [3.63, 3.8) is 0 Å². The number of barbiturate groups is 1. The minimum Gasteiger partial charge on any atom is -0.504 e. The predicted molar refractivity (Wildman–Crippen MR) is 107 cm³/mol. The Morgan fingerprint density at radius 1 is 1.18 bits per heavy atom. The molecule has 2 N–H and O–H groups in total. The molecule has 1 heterocycles. The second kappa shape index (κ2) is 7.85. The van der Waals surface area contributed by atoms with Crippen LogP contribution in [0.5, 0.6) is 11.5 Å². The van der Waals surface area contributed by atoms with Crippen molar-refractivity contribution in [3.05, 3.63) is 57.6 Å². The van der Waals surface area contributed by atoms with Gasteiger partial charge in [-0.05, 0) is 49.8 Å². The molecule has 28 heavy (non-hydrogen) atoms. The van der Waals surface area contributed by atoms with Gasteiger partial charge in [0, 0.05) is 4.47 Å². The number of anilines is 1. The van der Waals surface area contributed by atoms with Gasteiger partial charge in [0.25, 0.3) is 11.8 Å². The Morgan fingerprint density at radius 3 is 2.50 bits per heavy atom. The molecule has 1 aliphatic rings. The number of ether oxygens (including phenoxy) is 1. The van der Waals surface area contributed by atoms with Crippen LogP contribution in [0.25, 0.3) is 6.08 Å². The van der Waals surface area contributed by atoms with Crippen LogP contribution in [0.4, 0.5) is 10.5 Å². The van der Waals surface area contributed by atoms with Crippen molar-refractivity contribution in [2.75, 3.05) is 11.5 Å². The number of phenolic OH excluding ortho intramolecular Hbond substituents is 1. The zero-order chi connectivity index (χ0) is 20.4. The number of hydrogen-bond donors (Lipinski definition) is 2. The van der Waals surface area contributed by atoms with Crippen LogP contribution in [0.1, 0.15) is 18.1 Å². The quantitative estimate of drug-likeness (QED) is 0.555. The van der Waals surface area contributed by atoms with E-state index in [1.165, 1.54) is 18.2 Å². The SMILES string of the molecule is CCOc1cc(/C=C2\C(=O)NC(=O)N(c3ccc(C)cc3)C2=O)c(Br)cc1O. The average Bonchev–Trinajstić information content (AvgIpc) is 2.63. The minimum absolute atomic E-state index is 0.0771. The second-order valence-electron chi connectivity index (χ2n) is 6.07. The number of amides is 4. The van der Waals surface area contributed by atoms with Crippen LogP contribution >= 0.6 is 15.9 Å². The van der Waals surface area contributed by atoms with E-state index < -0.39 is 17.8 Å². The Morgan fingerprint density at radius 2 is 1.86 bits per heavy atom. The molecule has 0 aliphatic carbocycles. The summed E-state index contributed by atoms with van der Waals surface area (Å²) >= 11 is 3.30. The maximum absolute atomic E-state index is 12.9. The summed E-state index contributed by atoms with van der Waals surface area (Å²) in [4.78, 5) is 38.3. The number of hydrogen-bond acceptors (Lipinski definition) is 5. The Labute approximate surface area is 169 Å². The largest absolute Gasteiger partial charge is 0.504 e. The standard InChI is InChI=1S/C20H17BrN2O5/c1-3-28-17-9-12(15(21)10-16(17)24)8-14-18(25)22-20(27)23(19(14)26)13-6-4-11(2)5-7-13/h4-10,24H,3H2,1-2H3,(H,22,25,27)/b14-8+. The van der Waals surface area contributed by atoms with Crippen LogP contribution in [-0.2, 0) is 9.59 Å². The first kappa shape index (κ1) is 19.6. The van der Waals surface area contributed by atoms with Crippen molar-refractivity contribution >= 4 is 45.5 Å². The molecule has 2 aromatic carbocycles. The zero-order valence-electron chi connectivity index (χ0n) is 15.2. The van der Waals surface area contributed by atoms with Crippen LogP contribution in [0, 0.1) is 6.92 Å². The predicted octanol–water partition coefficient (Wildman–Crippen LogP) is 3.53. The molecule has 0 unspecified atom stereocenters. The van der Waals surface area contributed by atoms with Gasteiger partial charge in [-0.15, -0.1) is 0 Å². The normalized spacial score (nSPS) is 15.8. The van der Waals surface area contributed by atoms with E-state index in [4.69, 9.17) is 4.74 Å². The lowest BCUT2D eigenvalue weighted by atomic mass is 10.1. The van der Waals surface area contributed by atoms with Crippen molar-refractivity contribution in [2.45, 2.75) is 13.8 Å². The molecule has 7 nitrogen and oxygen atoms in total. The van der Waals surface area contributed by atoms with Crippen LogP contribution < -0.4 is 15.0 Å². The van der Waals surface area contributed by atoms with E-state index in [2.05, 4.69) is 21.2 Å². The average molecular weight is 445 g/mol. The van der Waals surface area contributed by atoms with Gasteiger partial charge in [0.2, 0.25) is 0 Å². The second-order valence-corrected chi connectivity index (χ2v) is 6.92. The Balaban J connectivity index is 2.04. The van der Waals surface area contributed by atoms with Crippen LogP contribution in [0.15, 0.2) is 46.4 Å². The maximum Gasteiger partial charge on any atom is 0.335 e. The van der Waals surface area contributed by atoms with Gasteiger partial charge >= 0.3 is 6.03 Å². The van der Waals surface area contributed by atoms with Crippen molar-refractivity contribution in [1.82, 2.24) is 5.32 Å². The summed E-state index contributed by atoms with van der Waals surface area (Å²) in [6.45, 7) is 3.98. The highest BCUT2D eigenvalue weighted by atomic mass is 79.9. The monoisotopic (exact) mass is 444 g/mol. The molecule has 2 aromatic rings. The van der Waals surface area contributed by atoms with Crippen LogP contribution in [-0.4, -0.2) is 29.6 Å². The smallest absolute Gasteiger partial charge is 0.335 e. The van der Waals surface area contributed by atoms with Crippen molar-refractivity contribution in [1.29, 1.82) is 0 Å². The van der Waals surface area contributed by atoms with E-state index in [1.54, 1.807) is 31.2 Å². The molecule has 0 aromatic heterocycles. The molecule has 1 fully saturated rings. The molecular weight excluding hydrogens is 428 g/mol. The van der Waals surface area contributed by atoms with E-state index in [-0.39, 0.29) is 17.1 Å². The lowest BCUT2D eigenvalue weighted by molar-refractivity contribution is -0.122. The number of rotatable bonds is 4. The number of carbonyl (C=O) groups excluding carboxylic acids is 3. The number of halogens is 1. The van der Waals surface area contributed by atoms with E-state index in [9.17, 15) is 19.5 Å². The third-order valence-corrected chi connectivity index (χ3v) is 4.76. The summed E-state index contributed by atoms with van der Waals surface area (Å²) in [5.74, 6) is -1.40. The lowest BCUT2D eigenvalue weighted by Gasteiger charge is -2.26. The van der Waals surface area contributed by atoms with E-state index >= 15 is 0 Å². The molecule has 0 spiro atoms. The first-order valence-electron chi connectivity index (χ1n) is 8.45. The third-order valence-electron chi connectivity index (χ3n) is 4.07. The fourth-order valence-corrected chi connectivity index (χ4v) is 3.13. The summed E-state index contributed by atoms with van der Waals surface area (Å²) in [5.41, 5.74) is 1.55. The molecule has 1 aliphatic heterocycles. The zero-order valence-corrected chi connectivity index (χ0v) is 16.7. The highest BCUT2D eigenvalue weighted by Gasteiger charge is 2.36. The first-order chi connectivity index (χ1) is 13.3. The van der Waals surface area contributed by atoms with Crippen LogP contribution in [0.3, 0.4) is 0 Å². The number of urea groups is 1. The van der Waals surface area contributed by atoms with Gasteiger partial charge in [-0.1, -0.05) is 33.6 Å². The number of imide groups is 2. The van der Waals surface area contributed by atoms with Crippen molar-refractivity contribution in [3.8, 4) is 11.5 Å². The summed E-state index contributed by atoms with van der Waals surface area (Å²) in [5, 5.41) is 12.1. The Kier molecular flexibility index (Phi) is 5.51.